The second kappa shape index (κ2) is 7.85. The van der Waals surface area contributed by atoms with E-state index in [1.807, 2.05) is 29.6 Å². The molecule has 8 heteroatoms. The lowest BCUT2D eigenvalue weighted by molar-refractivity contribution is 0.101. The maximum absolute atomic E-state index is 12.7. The topological polar surface area (TPSA) is 88.9 Å². The van der Waals surface area contributed by atoms with Gasteiger partial charge in [-0.3, -0.25) is 9.59 Å². The Bertz CT molecular complexity index is 1110. The molecule has 0 spiro atoms. The molecule has 0 fully saturated rings. The fraction of sp³-hybridized carbons (Fsp3) is 0. The predicted octanol–water partition coefficient (Wildman–Crippen LogP) is 3.83. The molecule has 2 amide bonds. The molecule has 7 nitrogen and oxygen atoms in total. The van der Waals surface area contributed by atoms with Crippen LogP contribution in [-0.2, 0) is 0 Å². The van der Waals surface area contributed by atoms with Gasteiger partial charge in [0.2, 0.25) is 0 Å². The SMILES string of the molecule is O=C(Nc1ccccc1-n1cncn1)c1cccc(NC(=O)c2cccs2)c1. The van der Waals surface area contributed by atoms with Gasteiger partial charge in [0.1, 0.15) is 12.7 Å². The molecule has 2 N–H and O–H groups in total. The standard InChI is InChI=1S/C20H15N5O2S/c26-19(24-16-7-1-2-8-17(16)25-13-21-12-22-25)14-5-3-6-15(11-14)23-20(27)18-9-4-10-28-18/h1-13H,(H,23,27)(H,24,26). The Labute approximate surface area is 164 Å². The van der Waals surface area contributed by atoms with E-state index in [2.05, 4.69) is 20.7 Å². The lowest BCUT2D eigenvalue weighted by Gasteiger charge is -2.11. The van der Waals surface area contributed by atoms with Crippen LogP contribution in [0.3, 0.4) is 0 Å². The number of para-hydroxylation sites is 2. The Balaban J connectivity index is 1.53. The average molecular weight is 389 g/mol. The van der Waals surface area contributed by atoms with Crippen LogP contribution in [0.15, 0.2) is 78.7 Å². The molecule has 0 atom stereocenters. The zero-order chi connectivity index (χ0) is 19.3. The van der Waals surface area contributed by atoms with Crippen molar-refractivity contribution in [1.29, 1.82) is 0 Å². The van der Waals surface area contributed by atoms with Crippen LogP contribution in [0.4, 0.5) is 11.4 Å². The first-order valence-corrected chi connectivity index (χ1v) is 9.29. The summed E-state index contributed by atoms with van der Waals surface area (Å²) in [6, 6.07) is 17.7. The first-order valence-electron chi connectivity index (χ1n) is 8.41. The summed E-state index contributed by atoms with van der Waals surface area (Å²) in [4.78, 5) is 29.5. The highest BCUT2D eigenvalue weighted by Gasteiger charge is 2.12. The number of nitrogens with zero attached hydrogens (tertiary/aromatic N) is 3. The fourth-order valence-electron chi connectivity index (χ4n) is 2.64. The monoisotopic (exact) mass is 389 g/mol. The zero-order valence-electron chi connectivity index (χ0n) is 14.6. The Morgan fingerprint density at radius 3 is 2.61 bits per heavy atom. The van der Waals surface area contributed by atoms with Gasteiger partial charge in [-0.2, -0.15) is 5.10 Å². The van der Waals surface area contributed by atoms with E-state index in [9.17, 15) is 9.59 Å². The number of carbonyl (C=O) groups excluding carboxylic acids is 2. The van der Waals surface area contributed by atoms with E-state index in [-0.39, 0.29) is 11.8 Å². The number of rotatable bonds is 5. The average Bonchev–Trinajstić information content (AvgIpc) is 3.43. The summed E-state index contributed by atoms with van der Waals surface area (Å²) in [5, 5.41) is 11.6. The van der Waals surface area contributed by atoms with E-state index < -0.39 is 0 Å². The van der Waals surface area contributed by atoms with Gasteiger partial charge >= 0.3 is 0 Å². The van der Waals surface area contributed by atoms with E-state index in [0.717, 1.165) is 0 Å². The molecule has 4 rings (SSSR count). The summed E-state index contributed by atoms with van der Waals surface area (Å²) in [5.74, 6) is -0.496. The molecule has 2 heterocycles. The maximum Gasteiger partial charge on any atom is 0.265 e. The number of aromatic nitrogens is 3. The van der Waals surface area contributed by atoms with Crippen molar-refractivity contribution in [3.8, 4) is 5.69 Å². The summed E-state index contributed by atoms with van der Waals surface area (Å²) >= 11 is 1.36. The van der Waals surface area contributed by atoms with Crippen LogP contribution in [0.25, 0.3) is 5.69 Å². The first-order chi connectivity index (χ1) is 13.7. The molecule has 2 aromatic heterocycles. The third-order valence-electron chi connectivity index (χ3n) is 3.95. The highest BCUT2D eigenvalue weighted by molar-refractivity contribution is 7.12. The lowest BCUT2D eigenvalue weighted by atomic mass is 10.1. The van der Waals surface area contributed by atoms with E-state index >= 15 is 0 Å². The van der Waals surface area contributed by atoms with Crippen molar-refractivity contribution in [2.75, 3.05) is 10.6 Å². The second-order valence-electron chi connectivity index (χ2n) is 5.82. The molecule has 28 heavy (non-hydrogen) atoms. The van der Waals surface area contributed by atoms with Gasteiger partial charge in [0.15, 0.2) is 0 Å². The number of benzene rings is 2. The van der Waals surface area contributed by atoms with Gasteiger partial charge in [-0.25, -0.2) is 9.67 Å². The number of amides is 2. The summed E-state index contributed by atoms with van der Waals surface area (Å²) in [6.07, 6.45) is 2.99. The molecule has 0 saturated carbocycles. The van der Waals surface area contributed by atoms with Crippen molar-refractivity contribution < 1.29 is 9.59 Å². The summed E-state index contributed by atoms with van der Waals surface area (Å²) in [7, 11) is 0. The van der Waals surface area contributed by atoms with Gasteiger partial charge in [-0.15, -0.1) is 11.3 Å². The van der Waals surface area contributed by atoms with E-state index in [4.69, 9.17) is 0 Å². The van der Waals surface area contributed by atoms with Crippen molar-refractivity contribution in [2.45, 2.75) is 0 Å². The number of hydrogen-bond donors (Lipinski definition) is 2. The van der Waals surface area contributed by atoms with Crippen molar-refractivity contribution in [2.24, 2.45) is 0 Å². The van der Waals surface area contributed by atoms with Gasteiger partial charge < -0.3 is 10.6 Å². The minimum atomic E-state index is -0.292. The third kappa shape index (κ3) is 3.81. The molecule has 0 unspecified atom stereocenters. The van der Waals surface area contributed by atoms with Gasteiger partial charge in [-0.05, 0) is 41.8 Å². The molecule has 4 aromatic rings. The molecule has 0 bridgehead atoms. The predicted molar refractivity (Wildman–Crippen MR) is 108 cm³/mol. The van der Waals surface area contributed by atoms with E-state index in [1.165, 1.54) is 17.7 Å². The number of carbonyl (C=O) groups is 2. The minimum absolute atomic E-state index is 0.205. The van der Waals surface area contributed by atoms with Crippen molar-refractivity contribution in [3.05, 3.63) is 89.1 Å². The number of nitrogens with one attached hydrogen (secondary N) is 2. The highest BCUT2D eigenvalue weighted by Crippen LogP contribution is 2.21. The van der Waals surface area contributed by atoms with Crippen LogP contribution in [0, 0.1) is 0 Å². The second-order valence-corrected chi connectivity index (χ2v) is 6.77. The molecule has 0 aliphatic rings. The van der Waals surface area contributed by atoms with Gasteiger partial charge in [0, 0.05) is 11.3 Å². The largest absolute Gasteiger partial charge is 0.321 e. The van der Waals surface area contributed by atoms with Crippen molar-refractivity contribution in [3.63, 3.8) is 0 Å². The first kappa shape index (κ1) is 17.6. The van der Waals surface area contributed by atoms with E-state index in [1.54, 1.807) is 47.4 Å². The molecular formula is C20H15N5O2S. The third-order valence-corrected chi connectivity index (χ3v) is 4.81. The Kier molecular flexibility index (Phi) is 4.94. The minimum Gasteiger partial charge on any atom is -0.321 e. The maximum atomic E-state index is 12.7. The Morgan fingerprint density at radius 1 is 0.929 bits per heavy atom. The van der Waals surface area contributed by atoms with Gasteiger partial charge in [0.05, 0.1) is 16.3 Å². The molecule has 0 radical (unpaired) electrons. The Morgan fingerprint density at radius 2 is 1.82 bits per heavy atom. The fourth-order valence-corrected chi connectivity index (χ4v) is 3.26. The van der Waals surface area contributed by atoms with Crippen LogP contribution >= 0.6 is 11.3 Å². The lowest BCUT2D eigenvalue weighted by Crippen LogP contribution is -2.15. The molecule has 2 aromatic carbocycles. The van der Waals surface area contributed by atoms with Crippen molar-refractivity contribution >= 4 is 34.5 Å². The zero-order valence-corrected chi connectivity index (χ0v) is 15.4. The quantitative estimate of drug-likeness (QED) is 0.543. The van der Waals surface area contributed by atoms with Crippen LogP contribution in [-0.4, -0.2) is 26.6 Å². The summed E-state index contributed by atoms with van der Waals surface area (Å²) in [6.45, 7) is 0. The normalized spacial score (nSPS) is 10.4. The smallest absolute Gasteiger partial charge is 0.265 e. The number of hydrogen-bond acceptors (Lipinski definition) is 5. The number of thiophene rings is 1. The Hall–Kier alpha value is -3.78. The van der Waals surface area contributed by atoms with Crippen LogP contribution in [0.2, 0.25) is 0 Å². The van der Waals surface area contributed by atoms with Crippen LogP contribution in [0.5, 0.6) is 0 Å². The highest BCUT2D eigenvalue weighted by atomic mass is 32.1. The molecular weight excluding hydrogens is 374 g/mol. The van der Waals surface area contributed by atoms with E-state index in [0.29, 0.717) is 27.5 Å². The number of anilines is 2. The molecule has 0 aliphatic carbocycles. The summed E-state index contributed by atoms with van der Waals surface area (Å²) in [5.41, 5.74) is 2.29. The van der Waals surface area contributed by atoms with Crippen LogP contribution < -0.4 is 10.6 Å². The molecule has 0 saturated heterocycles. The molecule has 0 aliphatic heterocycles. The summed E-state index contributed by atoms with van der Waals surface area (Å²) < 4.78 is 1.58. The molecule has 138 valence electrons. The van der Waals surface area contributed by atoms with Crippen molar-refractivity contribution in [1.82, 2.24) is 14.8 Å². The van der Waals surface area contributed by atoms with Gasteiger partial charge in [-0.1, -0.05) is 24.3 Å². The van der Waals surface area contributed by atoms with Crippen LogP contribution in [0.1, 0.15) is 20.0 Å². The van der Waals surface area contributed by atoms with Gasteiger partial charge in [0.25, 0.3) is 11.8 Å².